The highest BCUT2D eigenvalue weighted by Crippen LogP contribution is 2.25. The number of anilines is 1. The molecule has 4 nitrogen and oxygen atoms in total. The highest BCUT2D eigenvalue weighted by atomic mass is 127. The third-order valence-corrected chi connectivity index (χ3v) is 2.19. The van der Waals surface area contributed by atoms with Gasteiger partial charge in [-0.05, 0) is 41.6 Å². The van der Waals surface area contributed by atoms with Gasteiger partial charge in [0, 0.05) is 16.2 Å². The van der Waals surface area contributed by atoms with E-state index in [1.165, 1.54) is 0 Å². The number of hydrogen-bond acceptors (Lipinski definition) is 3. The van der Waals surface area contributed by atoms with Gasteiger partial charge in [-0.2, -0.15) is 0 Å². The van der Waals surface area contributed by atoms with Crippen molar-refractivity contribution in [1.29, 1.82) is 0 Å². The quantitative estimate of drug-likeness (QED) is 0.529. The molecule has 13 heavy (non-hydrogen) atoms. The summed E-state index contributed by atoms with van der Waals surface area (Å²) < 4.78 is 0.867. The van der Waals surface area contributed by atoms with Crippen LogP contribution in [0.1, 0.15) is 6.92 Å². The first kappa shape index (κ1) is 10.2. The highest BCUT2D eigenvalue weighted by molar-refractivity contribution is 14.1. The van der Waals surface area contributed by atoms with Crippen LogP contribution in [0.5, 0.6) is 0 Å². The van der Waals surface area contributed by atoms with Gasteiger partial charge in [-0.15, -0.1) is 0 Å². The fourth-order valence-electron chi connectivity index (χ4n) is 0.996. The average molecular weight is 292 g/mol. The topological polar surface area (TPSA) is 55.2 Å². The molecule has 0 aliphatic carbocycles. The van der Waals surface area contributed by atoms with Gasteiger partial charge in [0.25, 0.3) is 5.69 Å². The van der Waals surface area contributed by atoms with Gasteiger partial charge in [-0.25, -0.2) is 0 Å². The first-order valence-corrected chi connectivity index (χ1v) is 4.91. The molecule has 1 aromatic rings. The predicted octanol–water partition coefficient (Wildman–Crippen LogP) is 2.63. The van der Waals surface area contributed by atoms with Crippen LogP contribution in [0.3, 0.4) is 0 Å². The third-order valence-electron chi connectivity index (χ3n) is 1.52. The molecule has 0 bridgehead atoms. The van der Waals surface area contributed by atoms with E-state index in [1.54, 1.807) is 12.1 Å². The van der Waals surface area contributed by atoms with Crippen LogP contribution in [-0.4, -0.2) is 11.5 Å². The van der Waals surface area contributed by atoms with Crippen molar-refractivity contribution in [2.45, 2.75) is 6.92 Å². The molecule has 0 unspecified atom stereocenters. The largest absolute Gasteiger partial charge is 0.380 e. The third kappa shape index (κ3) is 2.55. The molecule has 0 aliphatic heterocycles. The van der Waals surface area contributed by atoms with Crippen LogP contribution in [0.15, 0.2) is 18.2 Å². The van der Waals surface area contributed by atoms with Crippen LogP contribution in [0, 0.1) is 13.7 Å². The van der Waals surface area contributed by atoms with Gasteiger partial charge < -0.3 is 5.32 Å². The summed E-state index contributed by atoms with van der Waals surface area (Å²) >= 11 is 2.05. The first-order chi connectivity index (χ1) is 6.15. The summed E-state index contributed by atoms with van der Waals surface area (Å²) in [6, 6.07) is 5.12. The Morgan fingerprint density at radius 1 is 1.62 bits per heavy atom. The number of hydrogen-bond donors (Lipinski definition) is 1. The van der Waals surface area contributed by atoms with Gasteiger partial charge >= 0.3 is 0 Å². The molecular formula is C8H9IN2O2. The molecular weight excluding hydrogens is 283 g/mol. The molecule has 0 saturated carbocycles. The van der Waals surface area contributed by atoms with Gasteiger partial charge in [-0.3, -0.25) is 10.1 Å². The second kappa shape index (κ2) is 4.40. The zero-order chi connectivity index (χ0) is 9.84. The zero-order valence-electron chi connectivity index (χ0n) is 7.08. The lowest BCUT2D eigenvalue weighted by Gasteiger charge is -2.03. The zero-order valence-corrected chi connectivity index (χ0v) is 9.24. The van der Waals surface area contributed by atoms with Crippen LogP contribution in [0.2, 0.25) is 0 Å². The van der Waals surface area contributed by atoms with E-state index < -0.39 is 0 Å². The lowest BCUT2D eigenvalue weighted by Crippen LogP contribution is -2.01. The van der Waals surface area contributed by atoms with Gasteiger partial charge in [0.2, 0.25) is 0 Å². The van der Waals surface area contributed by atoms with Crippen molar-refractivity contribution in [3.63, 3.8) is 0 Å². The van der Waals surface area contributed by atoms with E-state index in [9.17, 15) is 10.1 Å². The van der Waals surface area contributed by atoms with Crippen molar-refractivity contribution in [3.05, 3.63) is 31.9 Å². The second-order valence-electron chi connectivity index (χ2n) is 2.45. The van der Waals surface area contributed by atoms with Crippen LogP contribution < -0.4 is 5.32 Å². The molecule has 70 valence electrons. The molecule has 0 fully saturated rings. The van der Waals surface area contributed by atoms with Gasteiger partial charge in [0.15, 0.2) is 0 Å². The number of nitrogens with zero attached hydrogens (tertiary/aromatic N) is 1. The Hall–Kier alpha value is -0.850. The lowest BCUT2D eigenvalue weighted by molar-refractivity contribution is -0.384. The second-order valence-corrected chi connectivity index (χ2v) is 3.69. The summed E-state index contributed by atoms with van der Waals surface area (Å²) in [6.07, 6.45) is 0. The summed E-state index contributed by atoms with van der Waals surface area (Å²) in [6.45, 7) is 2.59. The summed E-state index contributed by atoms with van der Waals surface area (Å²) in [4.78, 5) is 10.2. The van der Waals surface area contributed by atoms with Crippen molar-refractivity contribution in [1.82, 2.24) is 0 Å². The maximum absolute atomic E-state index is 10.6. The Balaban J connectivity index is 3.10. The summed E-state index contributed by atoms with van der Waals surface area (Å²) in [5.74, 6) is 0. The number of rotatable bonds is 3. The Kier molecular flexibility index (Phi) is 3.47. The first-order valence-electron chi connectivity index (χ1n) is 3.83. The summed E-state index contributed by atoms with van der Waals surface area (Å²) in [5, 5.41) is 13.6. The molecule has 1 N–H and O–H groups in total. The molecule has 0 atom stereocenters. The fourth-order valence-corrected chi connectivity index (χ4v) is 1.47. The molecule has 1 rings (SSSR count). The van der Waals surface area contributed by atoms with Crippen molar-refractivity contribution in [2.75, 3.05) is 11.9 Å². The molecule has 1 aromatic carbocycles. The maximum atomic E-state index is 10.6. The van der Waals surface area contributed by atoms with E-state index in [4.69, 9.17) is 0 Å². The van der Waals surface area contributed by atoms with E-state index >= 15 is 0 Å². The molecule has 0 amide bonds. The van der Waals surface area contributed by atoms with Crippen molar-refractivity contribution < 1.29 is 4.92 Å². The van der Waals surface area contributed by atoms with Gasteiger partial charge in [-0.1, -0.05) is 0 Å². The molecule has 0 heterocycles. The van der Waals surface area contributed by atoms with Crippen LogP contribution in [0.25, 0.3) is 0 Å². The predicted molar refractivity (Wildman–Crippen MR) is 60.0 cm³/mol. The Morgan fingerprint density at radius 2 is 2.31 bits per heavy atom. The SMILES string of the molecule is CCNc1ccc(I)cc1[N+](=O)[O-]. The van der Waals surface area contributed by atoms with Gasteiger partial charge in [0.05, 0.1) is 4.92 Å². The molecule has 0 spiro atoms. The standard InChI is InChI=1S/C8H9IN2O2/c1-2-10-7-4-3-6(9)5-8(7)11(12)13/h3-5,10H,2H2,1H3. The molecule has 0 radical (unpaired) electrons. The van der Waals surface area contributed by atoms with E-state index in [1.807, 2.05) is 13.0 Å². The van der Waals surface area contributed by atoms with Crippen LogP contribution in [0.4, 0.5) is 11.4 Å². The van der Waals surface area contributed by atoms with Gasteiger partial charge in [0.1, 0.15) is 5.69 Å². The Morgan fingerprint density at radius 3 is 2.85 bits per heavy atom. The minimum Gasteiger partial charge on any atom is -0.380 e. The van der Waals surface area contributed by atoms with E-state index in [2.05, 4.69) is 27.9 Å². The normalized spacial score (nSPS) is 9.69. The van der Waals surface area contributed by atoms with Crippen molar-refractivity contribution >= 4 is 34.0 Å². The average Bonchev–Trinajstić information content (AvgIpc) is 2.08. The minimum atomic E-state index is -0.375. The molecule has 5 heteroatoms. The Labute approximate surface area is 89.6 Å². The van der Waals surface area contributed by atoms with Crippen LogP contribution >= 0.6 is 22.6 Å². The van der Waals surface area contributed by atoms with E-state index in [-0.39, 0.29) is 10.6 Å². The number of nitrogens with one attached hydrogen (secondary N) is 1. The number of halogens is 1. The molecule has 0 aliphatic rings. The van der Waals surface area contributed by atoms with E-state index in [0.29, 0.717) is 12.2 Å². The molecule has 0 aromatic heterocycles. The molecule has 0 saturated heterocycles. The highest BCUT2D eigenvalue weighted by Gasteiger charge is 2.12. The van der Waals surface area contributed by atoms with Crippen molar-refractivity contribution in [3.8, 4) is 0 Å². The summed E-state index contributed by atoms with van der Waals surface area (Å²) in [5.41, 5.74) is 0.710. The monoisotopic (exact) mass is 292 g/mol. The minimum absolute atomic E-state index is 0.133. The fraction of sp³-hybridized carbons (Fsp3) is 0.250. The van der Waals surface area contributed by atoms with Crippen molar-refractivity contribution in [2.24, 2.45) is 0 Å². The van der Waals surface area contributed by atoms with Crippen LogP contribution in [-0.2, 0) is 0 Å². The Bertz CT molecular complexity index is 328. The number of nitro benzene ring substituents is 1. The van der Waals surface area contributed by atoms with E-state index in [0.717, 1.165) is 3.57 Å². The number of nitro groups is 1. The number of benzene rings is 1. The maximum Gasteiger partial charge on any atom is 0.293 e. The summed E-state index contributed by atoms with van der Waals surface area (Å²) in [7, 11) is 0. The lowest BCUT2D eigenvalue weighted by atomic mass is 10.2. The smallest absolute Gasteiger partial charge is 0.293 e.